The molecule has 4 saturated heterocycles. The maximum Gasteiger partial charge on any atom is 0.345 e. The number of piperidine rings is 2. The molecule has 1 aromatic carbocycles. The number of hydrogen-bond acceptors (Lipinski definition) is 8. The van der Waals surface area contributed by atoms with E-state index in [0.717, 1.165) is 12.0 Å². The van der Waals surface area contributed by atoms with Gasteiger partial charge in [-0.15, -0.1) is 0 Å². The molecule has 14 nitrogen and oxygen atoms in total. The second kappa shape index (κ2) is 11.7. The van der Waals surface area contributed by atoms with Gasteiger partial charge in [-0.25, -0.2) is 25.6 Å². The van der Waals surface area contributed by atoms with Crippen LogP contribution < -0.4 is 11.0 Å². The van der Waals surface area contributed by atoms with Crippen molar-refractivity contribution in [3.05, 3.63) is 35.9 Å². The largest absolute Gasteiger partial charge is 0.345 e. The standard InChI is InChI=1S/C15H19N3O4.C8H13N3O4/c1-21-16-14(19)13-8-7-12-9-17(13)15(20)18(12)22-10-11-5-3-2-4-6-11;1-15-9-7(12)6-3-2-5-4-10(6)8(13)11(5)14/h2-6,12-13H,7-10H2,1H3,(H,16,19);5-6,14H,2-4H2,1H3,(H,9,12)/t12-,13+;5-,6+/m11/s1. The summed E-state index contributed by atoms with van der Waals surface area (Å²) in [6, 6.07) is 7.72. The number of hydroxylamine groups is 6. The molecule has 0 aliphatic carbocycles. The minimum absolute atomic E-state index is 0.00260. The average molecular weight is 521 g/mol. The number of benzene rings is 1. The van der Waals surface area contributed by atoms with Crippen LogP contribution in [0.2, 0.25) is 0 Å². The van der Waals surface area contributed by atoms with Crippen LogP contribution in [-0.4, -0.2) is 100 Å². The molecule has 4 bridgehead atoms. The molecule has 14 heteroatoms. The summed E-state index contributed by atoms with van der Waals surface area (Å²) in [4.78, 5) is 65.1. The minimum atomic E-state index is -0.536. The molecule has 4 aliphatic rings. The third-order valence-electron chi connectivity index (χ3n) is 6.89. The molecule has 4 fully saturated rings. The number of hydrogen-bond donors (Lipinski definition) is 3. The van der Waals surface area contributed by atoms with Crippen LogP contribution in [0.3, 0.4) is 0 Å². The van der Waals surface area contributed by atoms with E-state index in [4.69, 9.17) is 4.84 Å². The molecule has 0 unspecified atom stereocenters. The van der Waals surface area contributed by atoms with E-state index in [1.165, 1.54) is 24.2 Å². The summed E-state index contributed by atoms with van der Waals surface area (Å²) in [5.41, 5.74) is 5.50. The van der Waals surface area contributed by atoms with Gasteiger partial charge in [0.1, 0.15) is 18.7 Å². The lowest BCUT2D eigenvalue weighted by Gasteiger charge is -2.28. The van der Waals surface area contributed by atoms with E-state index in [2.05, 4.69) is 20.6 Å². The molecule has 4 atom stereocenters. The summed E-state index contributed by atoms with van der Waals surface area (Å²) in [5, 5.41) is 11.5. The minimum Gasteiger partial charge on any atom is -0.309 e. The van der Waals surface area contributed by atoms with Crippen LogP contribution in [-0.2, 0) is 30.7 Å². The highest BCUT2D eigenvalue weighted by Gasteiger charge is 2.48. The van der Waals surface area contributed by atoms with Crippen molar-refractivity contribution in [3.63, 3.8) is 0 Å². The van der Waals surface area contributed by atoms with Crippen LogP contribution in [0, 0.1) is 0 Å². The number of urea groups is 2. The molecular weight excluding hydrogens is 488 g/mol. The molecule has 6 amide bonds. The van der Waals surface area contributed by atoms with Gasteiger partial charge in [0, 0.05) is 13.1 Å². The first-order chi connectivity index (χ1) is 17.8. The predicted octanol–water partition coefficient (Wildman–Crippen LogP) is 0.386. The number of nitrogens with zero attached hydrogens (tertiary/aromatic N) is 4. The molecule has 4 aliphatic heterocycles. The summed E-state index contributed by atoms with van der Waals surface area (Å²) >= 11 is 0. The molecule has 3 N–H and O–H groups in total. The molecule has 0 spiro atoms. The smallest absolute Gasteiger partial charge is 0.309 e. The average Bonchev–Trinajstić information content (AvgIpc) is 3.28. The van der Waals surface area contributed by atoms with Crippen LogP contribution in [0.5, 0.6) is 0 Å². The Bertz CT molecular complexity index is 997. The van der Waals surface area contributed by atoms with Crippen LogP contribution in [0.25, 0.3) is 0 Å². The van der Waals surface area contributed by atoms with Crippen LogP contribution in [0.1, 0.15) is 31.2 Å². The molecule has 1 aromatic rings. The quantitative estimate of drug-likeness (QED) is 0.345. The van der Waals surface area contributed by atoms with E-state index in [-0.39, 0.29) is 29.9 Å². The first-order valence-corrected chi connectivity index (χ1v) is 12.1. The van der Waals surface area contributed by atoms with Gasteiger partial charge in [-0.05, 0) is 31.2 Å². The Labute approximate surface area is 213 Å². The fraction of sp³-hybridized carbons (Fsp3) is 0.565. The summed E-state index contributed by atoms with van der Waals surface area (Å²) in [6.07, 6.45) is 2.51. The van der Waals surface area contributed by atoms with Crippen LogP contribution in [0.4, 0.5) is 9.59 Å². The Kier molecular flexibility index (Phi) is 8.43. The predicted molar refractivity (Wildman–Crippen MR) is 125 cm³/mol. The van der Waals surface area contributed by atoms with Gasteiger partial charge in [0.2, 0.25) is 0 Å². The van der Waals surface area contributed by atoms with Crippen molar-refractivity contribution in [1.29, 1.82) is 0 Å². The highest BCUT2D eigenvalue weighted by atomic mass is 16.7. The fourth-order valence-corrected chi connectivity index (χ4v) is 5.05. The maximum absolute atomic E-state index is 12.4. The SMILES string of the molecule is CONC(=O)[C@@H]1CC[C@@H]2CN1C(=O)N2O.CONC(=O)[C@@H]1CC[C@@H]2CN1C(=O)N2OCc1ccccc1. The van der Waals surface area contributed by atoms with E-state index in [1.54, 1.807) is 4.90 Å². The first kappa shape index (κ1) is 26.6. The van der Waals surface area contributed by atoms with Gasteiger partial charge in [0.15, 0.2) is 0 Å². The Balaban J connectivity index is 0.000000186. The first-order valence-electron chi connectivity index (χ1n) is 12.1. The lowest BCUT2D eigenvalue weighted by molar-refractivity contribution is -0.141. The zero-order chi connectivity index (χ0) is 26.5. The van der Waals surface area contributed by atoms with Crippen molar-refractivity contribution >= 4 is 23.9 Å². The molecular formula is C23H32N6O8. The molecule has 202 valence electrons. The summed E-state index contributed by atoms with van der Waals surface area (Å²) < 4.78 is 0. The molecule has 4 heterocycles. The Morgan fingerprint density at radius 1 is 0.865 bits per heavy atom. The van der Waals surface area contributed by atoms with Crippen molar-refractivity contribution in [3.8, 4) is 0 Å². The van der Waals surface area contributed by atoms with Crippen LogP contribution >= 0.6 is 0 Å². The lowest BCUT2D eigenvalue weighted by Crippen LogP contribution is -2.49. The van der Waals surface area contributed by atoms with Crippen molar-refractivity contribution in [1.82, 2.24) is 30.9 Å². The molecule has 5 rings (SSSR count). The third kappa shape index (κ3) is 5.61. The Morgan fingerprint density at radius 3 is 2.00 bits per heavy atom. The molecule has 0 radical (unpaired) electrons. The van der Waals surface area contributed by atoms with E-state index >= 15 is 0 Å². The summed E-state index contributed by atoms with van der Waals surface area (Å²) in [7, 11) is 2.72. The van der Waals surface area contributed by atoms with E-state index < -0.39 is 18.1 Å². The number of fused-ring (bicyclic) bond motifs is 4. The monoisotopic (exact) mass is 520 g/mol. The number of carbonyl (C=O) groups excluding carboxylic acids is 4. The molecule has 0 saturated carbocycles. The number of carbonyl (C=O) groups is 4. The van der Waals surface area contributed by atoms with Crippen LogP contribution in [0.15, 0.2) is 30.3 Å². The number of amides is 6. The highest BCUT2D eigenvalue weighted by molar-refractivity contribution is 5.88. The van der Waals surface area contributed by atoms with Crippen molar-refractivity contribution in [2.24, 2.45) is 0 Å². The van der Waals surface area contributed by atoms with Gasteiger partial charge in [-0.2, -0.15) is 5.06 Å². The zero-order valence-electron chi connectivity index (χ0n) is 20.7. The Morgan fingerprint density at radius 2 is 1.41 bits per heavy atom. The maximum atomic E-state index is 12.4. The van der Waals surface area contributed by atoms with Gasteiger partial charge >= 0.3 is 12.1 Å². The lowest BCUT2D eigenvalue weighted by atomic mass is 10.0. The summed E-state index contributed by atoms with van der Waals surface area (Å²) in [5.74, 6) is -0.640. The van der Waals surface area contributed by atoms with Crippen molar-refractivity contribution < 1.29 is 38.9 Å². The van der Waals surface area contributed by atoms with Crippen molar-refractivity contribution in [2.75, 3.05) is 27.3 Å². The normalized spacial score (nSPS) is 26.1. The number of nitrogens with one attached hydrogen (secondary N) is 2. The van der Waals surface area contributed by atoms with Gasteiger partial charge in [-0.1, -0.05) is 30.3 Å². The second-order valence-corrected chi connectivity index (χ2v) is 9.13. The summed E-state index contributed by atoms with van der Waals surface area (Å²) in [6.45, 7) is 1.25. The fourth-order valence-electron chi connectivity index (χ4n) is 5.05. The topological polar surface area (TPSA) is 153 Å². The highest BCUT2D eigenvalue weighted by Crippen LogP contribution is 2.31. The molecule has 0 aromatic heterocycles. The second-order valence-electron chi connectivity index (χ2n) is 9.13. The van der Waals surface area contributed by atoms with E-state index in [1.807, 2.05) is 30.3 Å². The molecule has 37 heavy (non-hydrogen) atoms. The third-order valence-corrected chi connectivity index (χ3v) is 6.89. The van der Waals surface area contributed by atoms with E-state index in [9.17, 15) is 24.4 Å². The number of rotatable bonds is 7. The van der Waals surface area contributed by atoms with Gasteiger partial charge in [0.25, 0.3) is 11.8 Å². The zero-order valence-corrected chi connectivity index (χ0v) is 20.7. The Hall–Kier alpha value is -3.46. The van der Waals surface area contributed by atoms with Gasteiger partial charge < -0.3 is 9.80 Å². The van der Waals surface area contributed by atoms with Gasteiger partial charge in [0.05, 0.1) is 26.3 Å². The van der Waals surface area contributed by atoms with Crippen molar-refractivity contribution in [2.45, 2.75) is 56.5 Å². The van der Waals surface area contributed by atoms with Gasteiger partial charge in [-0.3, -0.25) is 29.3 Å². The van der Waals surface area contributed by atoms with E-state index in [0.29, 0.717) is 44.0 Å².